The van der Waals surface area contributed by atoms with E-state index in [1.165, 1.54) is 6.07 Å². The second-order valence-corrected chi connectivity index (χ2v) is 5.01. The molecule has 0 aliphatic rings. The highest BCUT2D eigenvalue weighted by Gasteiger charge is 2.16. The normalized spacial score (nSPS) is 10.3. The van der Waals surface area contributed by atoms with Crippen LogP contribution in [0.4, 0.5) is 5.69 Å². The largest absolute Gasteiger partial charge is 0.504 e. The first-order valence-electron chi connectivity index (χ1n) is 6.10. The average molecular weight is 310 g/mol. The van der Waals surface area contributed by atoms with Gasteiger partial charge in [-0.05, 0) is 30.2 Å². The van der Waals surface area contributed by atoms with Crippen molar-refractivity contribution in [3.05, 3.63) is 57.6 Å². The first-order valence-corrected chi connectivity index (χ1v) is 6.86. The molecule has 20 heavy (non-hydrogen) atoms. The number of aromatic hydroxyl groups is 1. The van der Waals surface area contributed by atoms with Crippen molar-refractivity contribution in [3.8, 4) is 5.75 Å². The summed E-state index contributed by atoms with van der Waals surface area (Å²) in [5.74, 6) is -0.505. The minimum atomic E-state index is -0.336. The zero-order valence-electron chi connectivity index (χ0n) is 10.8. The van der Waals surface area contributed by atoms with Gasteiger partial charge in [0.2, 0.25) is 0 Å². The number of halogens is 2. The molecule has 0 aliphatic carbocycles. The summed E-state index contributed by atoms with van der Waals surface area (Å²) in [6.45, 7) is 1.88. The van der Waals surface area contributed by atoms with Crippen LogP contribution in [0.2, 0.25) is 10.0 Å². The summed E-state index contributed by atoms with van der Waals surface area (Å²) in [5, 5.41) is 13.2. The van der Waals surface area contributed by atoms with Crippen molar-refractivity contribution in [2.45, 2.75) is 13.3 Å². The molecule has 0 unspecified atom stereocenters. The lowest BCUT2D eigenvalue weighted by atomic mass is 10.1. The summed E-state index contributed by atoms with van der Waals surface area (Å²) in [4.78, 5) is 12.0. The molecule has 0 saturated carbocycles. The number of anilines is 1. The van der Waals surface area contributed by atoms with Crippen molar-refractivity contribution in [2.24, 2.45) is 0 Å². The van der Waals surface area contributed by atoms with Gasteiger partial charge in [0.25, 0.3) is 5.91 Å². The molecule has 2 aromatic rings. The van der Waals surface area contributed by atoms with Gasteiger partial charge >= 0.3 is 0 Å². The fourth-order valence-electron chi connectivity index (χ4n) is 1.85. The van der Waals surface area contributed by atoms with Crippen molar-refractivity contribution in [2.75, 3.05) is 5.32 Å². The number of carbonyl (C=O) groups is 1. The molecule has 0 aliphatic heterocycles. The lowest BCUT2D eigenvalue weighted by molar-refractivity contribution is 0.102. The molecule has 0 atom stereocenters. The number of amides is 1. The molecule has 3 nitrogen and oxygen atoms in total. The monoisotopic (exact) mass is 309 g/mol. The molecule has 2 rings (SSSR count). The maximum atomic E-state index is 12.0. The molecule has 5 heteroatoms. The van der Waals surface area contributed by atoms with Gasteiger partial charge in [0, 0.05) is 10.6 Å². The second-order valence-electron chi connectivity index (χ2n) is 4.22. The van der Waals surface area contributed by atoms with E-state index in [2.05, 4.69) is 5.32 Å². The molecule has 0 saturated heterocycles. The fraction of sp³-hybridized carbons (Fsp3) is 0.133. The number of rotatable bonds is 3. The van der Waals surface area contributed by atoms with Crippen LogP contribution >= 0.6 is 23.2 Å². The van der Waals surface area contributed by atoms with Gasteiger partial charge in [-0.3, -0.25) is 4.79 Å². The summed E-state index contributed by atoms with van der Waals surface area (Å²) in [5.41, 5.74) is 1.34. The topological polar surface area (TPSA) is 49.3 Å². The Labute approximate surface area is 127 Å². The first-order chi connectivity index (χ1) is 9.54. The summed E-state index contributed by atoms with van der Waals surface area (Å²) in [6.07, 6.45) is 0.595. The number of carbonyl (C=O) groups excluding carboxylic acids is 1. The maximum Gasteiger partial charge on any atom is 0.255 e. The molecular weight excluding hydrogens is 297 g/mol. The Morgan fingerprint density at radius 1 is 1.25 bits per heavy atom. The smallest absolute Gasteiger partial charge is 0.255 e. The lowest BCUT2D eigenvalue weighted by Crippen LogP contribution is -2.12. The van der Waals surface area contributed by atoms with E-state index in [1.54, 1.807) is 24.3 Å². The van der Waals surface area contributed by atoms with Gasteiger partial charge in [-0.25, -0.2) is 0 Å². The number of phenolic OH excluding ortho intramolecular Hbond substituents is 1. The predicted octanol–water partition coefficient (Wildman–Crippen LogP) is 4.51. The highest BCUT2D eigenvalue weighted by molar-refractivity contribution is 6.37. The van der Waals surface area contributed by atoms with Gasteiger partial charge in [-0.15, -0.1) is 0 Å². The van der Waals surface area contributed by atoms with Gasteiger partial charge < -0.3 is 10.4 Å². The van der Waals surface area contributed by atoms with E-state index < -0.39 is 0 Å². The third kappa shape index (κ3) is 2.89. The summed E-state index contributed by atoms with van der Waals surface area (Å²) in [7, 11) is 0. The van der Waals surface area contributed by atoms with Crippen molar-refractivity contribution in [1.29, 1.82) is 0 Å². The van der Waals surface area contributed by atoms with Crippen LogP contribution in [0.1, 0.15) is 22.8 Å². The zero-order chi connectivity index (χ0) is 14.7. The Morgan fingerprint density at radius 2 is 1.90 bits per heavy atom. The van der Waals surface area contributed by atoms with Crippen molar-refractivity contribution in [1.82, 2.24) is 0 Å². The average Bonchev–Trinajstić information content (AvgIpc) is 2.46. The molecule has 1 amide bonds. The molecule has 0 fully saturated rings. The molecule has 0 heterocycles. The second kappa shape index (κ2) is 6.16. The SMILES string of the molecule is CCc1c(Cl)cc(NC(=O)c2ccccc2)c(O)c1Cl. The molecule has 0 spiro atoms. The molecule has 0 bridgehead atoms. The number of phenols is 1. The third-order valence-corrected chi connectivity index (χ3v) is 3.67. The lowest BCUT2D eigenvalue weighted by Gasteiger charge is -2.12. The summed E-state index contributed by atoms with van der Waals surface area (Å²) >= 11 is 12.1. The van der Waals surface area contributed by atoms with Crippen LogP contribution in [-0.4, -0.2) is 11.0 Å². The van der Waals surface area contributed by atoms with E-state index in [1.807, 2.05) is 13.0 Å². The van der Waals surface area contributed by atoms with Crippen LogP contribution in [0, 0.1) is 0 Å². The Morgan fingerprint density at radius 3 is 2.50 bits per heavy atom. The third-order valence-electron chi connectivity index (χ3n) is 2.93. The van der Waals surface area contributed by atoms with Crippen LogP contribution in [-0.2, 0) is 6.42 Å². The fourth-order valence-corrected chi connectivity index (χ4v) is 2.57. The van der Waals surface area contributed by atoms with Crippen molar-refractivity contribution >= 4 is 34.8 Å². The van der Waals surface area contributed by atoms with E-state index >= 15 is 0 Å². The number of hydrogen-bond donors (Lipinski definition) is 2. The molecule has 2 aromatic carbocycles. The van der Waals surface area contributed by atoms with Gasteiger partial charge in [-0.2, -0.15) is 0 Å². The van der Waals surface area contributed by atoms with Gasteiger partial charge in [-0.1, -0.05) is 48.3 Å². The van der Waals surface area contributed by atoms with Gasteiger partial charge in [0.05, 0.1) is 10.7 Å². The maximum absolute atomic E-state index is 12.0. The highest BCUT2D eigenvalue weighted by Crippen LogP contribution is 2.39. The van der Waals surface area contributed by atoms with Crippen molar-refractivity contribution in [3.63, 3.8) is 0 Å². The molecular formula is C15H13Cl2NO2. The first kappa shape index (κ1) is 14.7. The molecule has 0 aromatic heterocycles. The van der Waals surface area contributed by atoms with Crippen molar-refractivity contribution < 1.29 is 9.90 Å². The Balaban J connectivity index is 2.33. The van der Waals surface area contributed by atoms with Crippen LogP contribution < -0.4 is 5.32 Å². The van der Waals surface area contributed by atoms with E-state index in [4.69, 9.17) is 23.2 Å². The Kier molecular flexibility index (Phi) is 4.53. The van der Waals surface area contributed by atoms with E-state index in [-0.39, 0.29) is 22.4 Å². The van der Waals surface area contributed by atoms with Crippen LogP contribution in [0.5, 0.6) is 5.75 Å². The van der Waals surface area contributed by atoms with Crippen LogP contribution in [0.15, 0.2) is 36.4 Å². The number of benzene rings is 2. The molecule has 0 radical (unpaired) electrons. The Hall–Kier alpha value is -1.71. The quantitative estimate of drug-likeness (QED) is 0.819. The minimum Gasteiger partial charge on any atom is -0.504 e. The molecule has 104 valence electrons. The van der Waals surface area contributed by atoms with Gasteiger partial charge in [0.15, 0.2) is 5.75 Å². The minimum absolute atomic E-state index is 0.169. The Bertz CT molecular complexity index is 642. The number of nitrogens with one attached hydrogen (secondary N) is 1. The van der Waals surface area contributed by atoms with E-state index in [9.17, 15) is 9.90 Å². The van der Waals surface area contributed by atoms with Gasteiger partial charge in [0.1, 0.15) is 0 Å². The van der Waals surface area contributed by atoms with E-state index in [0.29, 0.717) is 22.6 Å². The van der Waals surface area contributed by atoms with Crippen LogP contribution in [0.25, 0.3) is 0 Å². The zero-order valence-corrected chi connectivity index (χ0v) is 12.3. The van der Waals surface area contributed by atoms with E-state index in [0.717, 1.165) is 0 Å². The summed E-state index contributed by atoms with van der Waals surface area (Å²) in [6, 6.07) is 10.2. The summed E-state index contributed by atoms with van der Waals surface area (Å²) < 4.78 is 0. The molecule has 2 N–H and O–H groups in total. The van der Waals surface area contributed by atoms with Crippen LogP contribution in [0.3, 0.4) is 0 Å². The predicted molar refractivity (Wildman–Crippen MR) is 81.9 cm³/mol. The number of hydrogen-bond acceptors (Lipinski definition) is 2. The standard InChI is InChI=1S/C15H13Cl2NO2/c1-2-10-11(16)8-12(14(19)13(10)17)18-15(20)9-6-4-3-5-7-9/h3-8,19H,2H2,1H3,(H,18,20). The highest BCUT2D eigenvalue weighted by atomic mass is 35.5.